The molecule has 1 aromatic carbocycles. The second-order valence-corrected chi connectivity index (χ2v) is 5.10. The van der Waals surface area contributed by atoms with Crippen LogP contribution in [0.2, 0.25) is 0 Å². The molecule has 0 bridgehead atoms. The van der Waals surface area contributed by atoms with E-state index in [-0.39, 0.29) is 10.6 Å². The van der Waals surface area contributed by atoms with Gasteiger partial charge in [0.1, 0.15) is 0 Å². The Bertz CT molecular complexity index is 358. The molecule has 0 fully saturated rings. The lowest BCUT2D eigenvalue weighted by Crippen LogP contribution is -2.13. The molecule has 0 heterocycles. The number of para-hydroxylation sites is 1. The zero-order valence-electron chi connectivity index (χ0n) is 9.26. The predicted molar refractivity (Wildman–Crippen MR) is 67.8 cm³/mol. The molecule has 0 aliphatic rings. The summed E-state index contributed by atoms with van der Waals surface area (Å²) in [6, 6.07) is 6.88. The van der Waals surface area contributed by atoms with Crippen molar-refractivity contribution in [3.8, 4) is 0 Å². The van der Waals surface area contributed by atoms with Gasteiger partial charge in [-0.05, 0) is 12.2 Å². The van der Waals surface area contributed by atoms with Gasteiger partial charge in [0.2, 0.25) is 0 Å². The van der Waals surface area contributed by atoms with Crippen LogP contribution in [0.15, 0.2) is 24.3 Å². The van der Waals surface area contributed by atoms with Gasteiger partial charge in [0.05, 0.1) is 4.92 Å². The summed E-state index contributed by atoms with van der Waals surface area (Å²) in [5.41, 5.74) is 6.51. The molecule has 0 amide bonds. The summed E-state index contributed by atoms with van der Waals surface area (Å²) in [4.78, 5) is 10.4. The van der Waals surface area contributed by atoms with Gasteiger partial charge in [0, 0.05) is 23.4 Å². The number of benzene rings is 1. The summed E-state index contributed by atoms with van der Waals surface area (Å²) in [6.45, 7) is 2.70. The molecule has 0 aliphatic heterocycles. The number of nitrogens with zero attached hydrogens (tertiary/aromatic N) is 1. The average Bonchev–Trinajstić information content (AvgIpc) is 2.29. The highest BCUT2D eigenvalue weighted by molar-refractivity contribution is 7.99. The molecule has 5 heteroatoms. The lowest BCUT2D eigenvalue weighted by atomic mass is 10.1. The van der Waals surface area contributed by atoms with Gasteiger partial charge in [-0.1, -0.05) is 25.1 Å². The van der Waals surface area contributed by atoms with Crippen molar-refractivity contribution in [3.05, 3.63) is 39.9 Å². The first-order chi connectivity index (χ1) is 7.65. The minimum absolute atomic E-state index is 0.212. The van der Waals surface area contributed by atoms with Crippen LogP contribution in [0.25, 0.3) is 0 Å². The fraction of sp³-hybridized carbons (Fsp3) is 0.455. The van der Waals surface area contributed by atoms with E-state index in [1.807, 2.05) is 12.1 Å². The highest BCUT2D eigenvalue weighted by Gasteiger charge is 2.11. The summed E-state index contributed by atoms with van der Waals surface area (Å²) in [6.07, 6.45) is 0.714. The Morgan fingerprint density at radius 2 is 2.19 bits per heavy atom. The standard InChI is InChI=1S/C11H16N2O2S/c1-9(8-12)16-7-6-10-4-2-3-5-11(10)13(14)15/h2-5,9H,6-8,12H2,1H3. The molecule has 0 spiro atoms. The van der Waals surface area contributed by atoms with Crippen molar-refractivity contribution in [1.82, 2.24) is 0 Å². The van der Waals surface area contributed by atoms with Crippen LogP contribution >= 0.6 is 11.8 Å². The number of nitrogens with two attached hydrogens (primary N) is 1. The van der Waals surface area contributed by atoms with E-state index in [2.05, 4.69) is 6.92 Å². The lowest BCUT2D eigenvalue weighted by Gasteiger charge is -2.07. The Balaban J connectivity index is 2.56. The van der Waals surface area contributed by atoms with Crippen LogP contribution in [0.1, 0.15) is 12.5 Å². The minimum Gasteiger partial charge on any atom is -0.329 e. The molecule has 0 saturated heterocycles. The molecule has 0 radical (unpaired) electrons. The van der Waals surface area contributed by atoms with Gasteiger partial charge in [0.15, 0.2) is 0 Å². The molecule has 0 aliphatic carbocycles. The van der Waals surface area contributed by atoms with Crippen LogP contribution in [-0.4, -0.2) is 22.5 Å². The number of rotatable bonds is 6. The summed E-state index contributed by atoms with van der Waals surface area (Å²) in [5, 5.41) is 11.2. The predicted octanol–water partition coefficient (Wildman–Crippen LogP) is 2.22. The van der Waals surface area contributed by atoms with Gasteiger partial charge in [-0.3, -0.25) is 10.1 Å². The maximum absolute atomic E-state index is 10.8. The zero-order valence-corrected chi connectivity index (χ0v) is 10.1. The zero-order chi connectivity index (χ0) is 12.0. The molecule has 1 aromatic rings. The highest BCUT2D eigenvalue weighted by atomic mass is 32.2. The third kappa shape index (κ3) is 3.83. The van der Waals surface area contributed by atoms with E-state index in [1.54, 1.807) is 23.9 Å². The summed E-state index contributed by atoms with van der Waals surface area (Å²) < 4.78 is 0. The molecule has 88 valence electrons. The fourth-order valence-electron chi connectivity index (χ4n) is 1.34. The van der Waals surface area contributed by atoms with E-state index in [1.165, 1.54) is 0 Å². The molecular weight excluding hydrogens is 224 g/mol. The second kappa shape index (κ2) is 6.50. The SMILES string of the molecule is CC(CN)SCCc1ccccc1[N+](=O)[O-]. The molecular formula is C11H16N2O2S. The Morgan fingerprint density at radius 1 is 1.50 bits per heavy atom. The molecule has 2 N–H and O–H groups in total. The third-order valence-corrected chi connectivity index (χ3v) is 3.50. The molecule has 0 aromatic heterocycles. The summed E-state index contributed by atoms with van der Waals surface area (Å²) in [7, 11) is 0. The first-order valence-electron chi connectivity index (χ1n) is 5.19. The van der Waals surface area contributed by atoms with Crippen molar-refractivity contribution < 1.29 is 4.92 Å². The Kier molecular flexibility index (Phi) is 5.28. The van der Waals surface area contributed by atoms with Crippen LogP contribution in [0.4, 0.5) is 5.69 Å². The van der Waals surface area contributed by atoms with Crippen LogP contribution in [0.5, 0.6) is 0 Å². The lowest BCUT2D eigenvalue weighted by molar-refractivity contribution is -0.385. The van der Waals surface area contributed by atoms with Crippen molar-refractivity contribution in [2.24, 2.45) is 5.73 Å². The number of thioether (sulfide) groups is 1. The third-order valence-electron chi connectivity index (χ3n) is 2.29. The van der Waals surface area contributed by atoms with Gasteiger partial charge >= 0.3 is 0 Å². The van der Waals surface area contributed by atoms with Crippen LogP contribution in [-0.2, 0) is 6.42 Å². The topological polar surface area (TPSA) is 69.2 Å². The monoisotopic (exact) mass is 240 g/mol. The number of nitro groups is 1. The number of hydrogen-bond acceptors (Lipinski definition) is 4. The van der Waals surface area contributed by atoms with Crippen molar-refractivity contribution >= 4 is 17.4 Å². The second-order valence-electron chi connectivity index (χ2n) is 3.55. The Labute approximate surface area is 99.4 Å². The fourth-order valence-corrected chi connectivity index (χ4v) is 2.21. The van der Waals surface area contributed by atoms with Crippen molar-refractivity contribution in [2.75, 3.05) is 12.3 Å². The number of hydrogen-bond donors (Lipinski definition) is 1. The van der Waals surface area contributed by atoms with Crippen LogP contribution in [0, 0.1) is 10.1 Å². The minimum atomic E-state index is -0.327. The number of nitro benzene ring substituents is 1. The van der Waals surface area contributed by atoms with Crippen molar-refractivity contribution in [2.45, 2.75) is 18.6 Å². The smallest absolute Gasteiger partial charge is 0.272 e. The molecule has 1 rings (SSSR count). The van der Waals surface area contributed by atoms with E-state index in [0.29, 0.717) is 18.2 Å². The normalized spacial score (nSPS) is 12.4. The van der Waals surface area contributed by atoms with Gasteiger partial charge in [-0.2, -0.15) is 11.8 Å². The van der Waals surface area contributed by atoms with Crippen molar-refractivity contribution in [1.29, 1.82) is 0 Å². The Morgan fingerprint density at radius 3 is 2.81 bits per heavy atom. The molecule has 1 atom stereocenters. The van der Waals surface area contributed by atoms with Crippen molar-refractivity contribution in [3.63, 3.8) is 0 Å². The molecule has 1 unspecified atom stereocenters. The summed E-state index contributed by atoms with van der Waals surface area (Å²) >= 11 is 1.74. The highest BCUT2D eigenvalue weighted by Crippen LogP contribution is 2.20. The quantitative estimate of drug-likeness (QED) is 0.611. The van der Waals surface area contributed by atoms with Gasteiger partial charge < -0.3 is 5.73 Å². The largest absolute Gasteiger partial charge is 0.329 e. The molecule has 4 nitrogen and oxygen atoms in total. The maximum atomic E-state index is 10.8. The average molecular weight is 240 g/mol. The van der Waals surface area contributed by atoms with E-state index < -0.39 is 0 Å². The maximum Gasteiger partial charge on any atom is 0.272 e. The van der Waals surface area contributed by atoms with Gasteiger partial charge in [0.25, 0.3) is 5.69 Å². The van der Waals surface area contributed by atoms with Crippen LogP contribution in [0.3, 0.4) is 0 Å². The number of aryl methyl sites for hydroxylation is 1. The molecule has 16 heavy (non-hydrogen) atoms. The first-order valence-corrected chi connectivity index (χ1v) is 6.24. The first kappa shape index (κ1) is 13.0. The van der Waals surface area contributed by atoms with Crippen LogP contribution < -0.4 is 5.73 Å². The van der Waals surface area contributed by atoms with E-state index in [0.717, 1.165) is 11.3 Å². The van der Waals surface area contributed by atoms with E-state index >= 15 is 0 Å². The Hall–Kier alpha value is -1.07. The molecule has 0 saturated carbocycles. The van der Waals surface area contributed by atoms with E-state index in [9.17, 15) is 10.1 Å². The van der Waals surface area contributed by atoms with E-state index in [4.69, 9.17) is 5.73 Å². The van der Waals surface area contributed by atoms with Gasteiger partial charge in [-0.15, -0.1) is 0 Å². The summed E-state index contributed by atoms with van der Waals surface area (Å²) in [5.74, 6) is 0.864. The van der Waals surface area contributed by atoms with Gasteiger partial charge in [-0.25, -0.2) is 0 Å².